The van der Waals surface area contributed by atoms with Crippen molar-refractivity contribution in [3.63, 3.8) is 0 Å². The van der Waals surface area contributed by atoms with Gasteiger partial charge in [-0.1, -0.05) is 0 Å². The number of anilines is 1. The lowest BCUT2D eigenvalue weighted by Gasteiger charge is -2.05. The Kier molecular flexibility index (Phi) is 2.59. The Hall–Kier alpha value is -2.30. The number of methoxy groups -OCH3 is 1. The summed E-state index contributed by atoms with van der Waals surface area (Å²) in [5.41, 5.74) is 5.62. The zero-order chi connectivity index (χ0) is 12.6. The minimum Gasteiger partial charge on any atom is -0.497 e. The molecule has 0 saturated carbocycles. The van der Waals surface area contributed by atoms with Crippen molar-refractivity contribution in [3.05, 3.63) is 34.2 Å². The SMILES string of the molecule is COc1cc(N)c2oc(=O)c(C(C)=O)cc2c1. The van der Waals surface area contributed by atoms with Gasteiger partial charge in [-0.3, -0.25) is 4.79 Å². The largest absolute Gasteiger partial charge is 0.497 e. The smallest absolute Gasteiger partial charge is 0.347 e. The van der Waals surface area contributed by atoms with Crippen molar-refractivity contribution < 1.29 is 13.9 Å². The second-order valence-electron chi connectivity index (χ2n) is 3.64. The van der Waals surface area contributed by atoms with Gasteiger partial charge in [0.1, 0.15) is 11.3 Å². The molecule has 17 heavy (non-hydrogen) atoms. The van der Waals surface area contributed by atoms with Gasteiger partial charge >= 0.3 is 5.63 Å². The second-order valence-corrected chi connectivity index (χ2v) is 3.64. The number of hydrogen-bond acceptors (Lipinski definition) is 5. The van der Waals surface area contributed by atoms with Crippen LogP contribution in [0.1, 0.15) is 17.3 Å². The van der Waals surface area contributed by atoms with Gasteiger partial charge in [-0.15, -0.1) is 0 Å². The van der Waals surface area contributed by atoms with Crippen LogP contribution in [-0.2, 0) is 0 Å². The molecule has 0 aliphatic rings. The number of carbonyl (C=O) groups excluding carboxylic acids is 1. The first kappa shape index (κ1) is 11.2. The molecule has 0 fully saturated rings. The van der Waals surface area contributed by atoms with E-state index in [1.807, 2.05) is 0 Å². The monoisotopic (exact) mass is 233 g/mol. The molecule has 0 aliphatic heterocycles. The van der Waals surface area contributed by atoms with Gasteiger partial charge in [0.25, 0.3) is 0 Å². The van der Waals surface area contributed by atoms with Crippen LogP contribution >= 0.6 is 0 Å². The molecule has 2 aromatic rings. The number of nitrogen functional groups attached to an aromatic ring is 1. The lowest BCUT2D eigenvalue weighted by molar-refractivity contribution is 0.101. The van der Waals surface area contributed by atoms with Crippen molar-refractivity contribution in [3.8, 4) is 5.75 Å². The van der Waals surface area contributed by atoms with Crippen molar-refractivity contribution in [2.24, 2.45) is 0 Å². The summed E-state index contributed by atoms with van der Waals surface area (Å²) in [7, 11) is 1.51. The van der Waals surface area contributed by atoms with Gasteiger partial charge in [0, 0.05) is 11.5 Å². The molecular weight excluding hydrogens is 222 g/mol. The number of benzene rings is 1. The maximum absolute atomic E-state index is 11.5. The minimum atomic E-state index is -0.679. The zero-order valence-electron chi connectivity index (χ0n) is 9.44. The quantitative estimate of drug-likeness (QED) is 0.483. The van der Waals surface area contributed by atoms with E-state index in [9.17, 15) is 9.59 Å². The maximum Gasteiger partial charge on any atom is 0.347 e. The molecular formula is C12H11NO4. The van der Waals surface area contributed by atoms with Crippen LogP contribution in [0.5, 0.6) is 5.75 Å². The molecule has 0 radical (unpaired) electrons. The lowest BCUT2D eigenvalue weighted by Crippen LogP contribution is -2.11. The van der Waals surface area contributed by atoms with Crippen LogP contribution in [0, 0.1) is 0 Å². The lowest BCUT2D eigenvalue weighted by atomic mass is 10.1. The molecule has 2 rings (SSSR count). The van der Waals surface area contributed by atoms with E-state index < -0.39 is 5.63 Å². The fourth-order valence-electron chi connectivity index (χ4n) is 1.60. The average Bonchev–Trinajstić information content (AvgIpc) is 2.28. The molecule has 0 atom stereocenters. The van der Waals surface area contributed by atoms with E-state index >= 15 is 0 Å². The third-order valence-corrected chi connectivity index (χ3v) is 2.45. The molecule has 0 unspecified atom stereocenters. The van der Waals surface area contributed by atoms with E-state index in [-0.39, 0.29) is 16.9 Å². The van der Waals surface area contributed by atoms with Gasteiger partial charge in [-0.2, -0.15) is 0 Å². The van der Waals surface area contributed by atoms with Crippen molar-refractivity contribution in [1.82, 2.24) is 0 Å². The molecule has 5 nitrogen and oxygen atoms in total. The first-order chi connectivity index (χ1) is 8.02. The highest BCUT2D eigenvalue weighted by Crippen LogP contribution is 2.26. The first-order valence-electron chi connectivity index (χ1n) is 4.95. The fraction of sp³-hybridized carbons (Fsp3) is 0.167. The maximum atomic E-state index is 11.5. The Morgan fingerprint density at radius 2 is 2.06 bits per heavy atom. The number of carbonyl (C=O) groups is 1. The standard InChI is InChI=1S/C12H11NO4/c1-6(14)9-4-7-3-8(16-2)5-10(13)11(7)17-12(9)15/h3-5H,13H2,1-2H3. The molecule has 2 N–H and O–H groups in total. The Morgan fingerprint density at radius 1 is 1.35 bits per heavy atom. The van der Waals surface area contributed by atoms with Crippen LogP contribution in [-0.4, -0.2) is 12.9 Å². The van der Waals surface area contributed by atoms with Crippen LogP contribution in [0.2, 0.25) is 0 Å². The number of fused-ring (bicyclic) bond motifs is 1. The van der Waals surface area contributed by atoms with Crippen molar-refractivity contribution >= 4 is 22.4 Å². The van der Waals surface area contributed by atoms with Crippen molar-refractivity contribution in [1.29, 1.82) is 0 Å². The van der Waals surface area contributed by atoms with Crippen molar-refractivity contribution in [2.75, 3.05) is 12.8 Å². The number of Topliss-reactive ketones (excluding diaryl/α,β-unsaturated/α-hetero) is 1. The van der Waals surface area contributed by atoms with E-state index in [0.717, 1.165) is 0 Å². The van der Waals surface area contributed by atoms with E-state index in [4.69, 9.17) is 14.9 Å². The van der Waals surface area contributed by atoms with Gasteiger partial charge in [-0.25, -0.2) is 4.79 Å². The van der Waals surface area contributed by atoms with E-state index in [1.54, 1.807) is 12.1 Å². The highest BCUT2D eigenvalue weighted by Gasteiger charge is 2.12. The predicted molar refractivity (Wildman–Crippen MR) is 63.5 cm³/mol. The van der Waals surface area contributed by atoms with Gasteiger partial charge in [-0.05, 0) is 19.1 Å². The summed E-state index contributed by atoms with van der Waals surface area (Å²) in [5.74, 6) is 0.195. The summed E-state index contributed by atoms with van der Waals surface area (Å²) in [6.45, 7) is 1.31. The first-order valence-corrected chi connectivity index (χ1v) is 4.95. The number of nitrogens with two attached hydrogens (primary N) is 1. The molecule has 1 aromatic carbocycles. The Morgan fingerprint density at radius 3 is 2.65 bits per heavy atom. The van der Waals surface area contributed by atoms with Gasteiger partial charge in [0.05, 0.1) is 12.8 Å². The van der Waals surface area contributed by atoms with E-state index in [1.165, 1.54) is 20.1 Å². The van der Waals surface area contributed by atoms with Crippen LogP contribution in [0.15, 0.2) is 27.4 Å². The topological polar surface area (TPSA) is 82.5 Å². The fourth-order valence-corrected chi connectivity index (χ4v) is 1.60. The highest BCUT2D eigenvalue weighted by molar-refractivity contribution is 5.98. The summed E-state index contributed by atoms with van der Waals surface area (Å²) >= 11 is 0. The predicted octanol–water partition coefficient (Wildman–Crippen LogP) is 1.59. The van der Waals surface area contributed by atoms with Crippen molar-refractivity contribution in [2.45, 2.75) is 6.92 Å². The Labute approximate surface area is 96.8 Å². The molecule has 1 heterocycles. The van der Waals surface area contributed by atoms with Crippen LogP contribution in [0.4, 0.5) is 5.69 Å². The molecule has 5 heteroatoms. The number of ether oxygens (including phenoxy) is 1. The minimum absolute atomic E-state index is 0.00477. The summed E-state index contributed by atoms with van der Waals surface area (Å²) < 4.78 is 10.1. The molecule has 0 bridgehead atoms. The average molecular weight is 233 g/mol. The van der Waals surface area contributed by atoms with Gasteiger partial charge in [0.15, 0.2) is 11.4 Å². The molecule has 0 spiro atoms. The summed E-state index contributed by atoms with van der Waals surface area (Å²) in [6.07, 6.45) is 0. The van der Waals surface area contributed by atoms with E-state index in [0.29, 0.717) is 16.8 Å². The van der Waals surface area contributed by atoms with Crippen LogP contribution in [0.3, 0.4) is 0 Å². The van der Waals surface area contributed by atoms with E-state index in [2.05, 4.69) is 0 Å². The molecule has 88 valence electrons. The summed E-state index contributed by atoms with van der Waals surface area (Å²) in [6, 6.07) is 4.67. The van der Waals surface area contributed by atoms with Gasteiger partial charge in [0.2, 0.25) is 0 Å². The summed E-state index contributed by atoms with van der Waals surface area (Å²) in [4.78, 5) is 22.7. The summed E-state index contributed by atoms with van der Waals surface area (Å²) in [5, 5.41) is 0.562. The number of hydrogen-bond donors (Lipinski definition) is 1. The number of ketones is 1. The normalized spacial score (nSPS) is 10.5. The molecule has 0 amide bonds. The highest BCUT2D eigenvalue weighted by atomic mass is 16.5. The zero-order valence-corrected chi connectivity index (χ0v) is 9.44. The third kappa shape index (κ3) is 1.87. The second kappa shape index (κ2) is 3.93. The molecule has 0 saturated heterocycles. The Balaban J connectivity index is 2.84. The van der Waals surface area contributed by atoms with Crippen LogP contribution in [0.25, 0.3) is 11.0 Å². The Bertz CT molecular complexity index is 657. The third-order valence-electron chi connectivity index (χ3n) is 2.45. The number of rotatable bonds is 2. The van der Waals surface area contributed by atoms with Gasteiger partial charge < -0.3 is 14.9 Å². The van der Waals surface area contributed by atoms with Crippen LogP contribution < -0.4 is 16.1 Å². The molecule has 0 aliphatic carbocycles. The molecule has 1 aromatic heterocycles.